The molecule has 4 aromatic heterocycles. The number of pyridine rings is 1. The van der Waals surface area contributed by atoms with Crippen LogP contribution >= 0.6 is 0 Å². The molecule has 10 nitrogen and oxygen atoms in total. The lowest BCUT2D eigenvalue weighted by molar-refractivity contribution is -0.0291. The Morgan fingerprint density at radius 2 is 2.22 bits per heavy atom. The summed E-state index contributed by atoms with van der Waals surface area (Å²) >= 11 is 0. The average molecular weight is 496 g/mol. The molecule has 4 aromatic rings. The number of aromatic nitrogens is 5. The summed E-state index contributed by atoms with van der Waals surface area (Å²) in [4.78, 5) is 24.8. The maximum atomic E-state index is 13.5. The van der Waals surface area contributed by atoms with Gasteiger partial charge in [0.25, 0.3) is 5.91 Å². The second kappa shape index (κ2) is 10.6. The molecule has 1 amide bonds. The van der Waals surface area contributed by atoms with Crippen LogP contribution in [0.2, 0.25) is 0 Å². The average Bonchev–Trinajstić information content (AvgIpc) is 3.55. The molecule has 3 N–H and O–H groups in total. The predicted molar refractivity (Wildman–Crippen MR) is 134 cm³/mol. The lowest BCUT2D eigenvalue weighted by Gasteiger charge is -2.30. The second-order valence-corrected chi connectivity index (χ2v) is 8.92. The highest BCUT2D eigenvalue weighted by Crippen LogP contribution is 2.29. The first-order valence-corrected chi connectivity index (χ1v) is 12.1. The van der Waals surface area contributed by atoms with Crippen LogP contribution in [0.3, 0.4) is 0 Å². The molecule has 2 fully saturated rings. The number of H-pyrrole nitrogens is 1. The van der Waals surface area contributed by atoms with Crippen molar-refractivity contribution in [1.82, 2.24) is 29.9 Å². The van der Waals surface area contributed by atoms with Crippen LogP contribution in [-0.2, 0) is 9.47 Å². The van der Waals surface area contributed by atoms with E-state index < -0.39 is 12.2 Å². The minimum absolute atomic E-state index is 0.315. The fourth-order valence-electron chi connectivity index (χ4n) is 4.37. The van der Waals surface area contributed by atoms with Crippen LogP contribution in [-0.4, -0.2) is 76.2 Å². The van der Waals surface area contributed by atoms with Crippen molar-refractivity contribution in [2.45, 2.75) is 44.0 Å². The predicted octanol–water partition coefficient (Wildman–Crippen LogP) is 3.36. The normalized spacial score (nSPS) is 21.5. The first kappa shape index (κ1) is 24.1. The summed E-state index contributed by atoms with van der Waals surface area (Å²) in [6.07, 6.45) is 7.85. The van der Waals surface area contributed by atoms with Gasteiger partial charge in [-0.15, -0.1) is 0 Å². The van der Waals surface area contributed by atoms with E-state index in [1.54, 1.807) is 24.9 Å². The molecule has 3 atom stereocenters. The molecular weight excluding hydrogens is 465 g/mol. The molecule has 0 aromatic carbocycles. The Morgan fingerprint density at radius 3 is 2.89 bits per heavy atom. The number of nitrogens with zero attached hydrogens (tertiary/aromatic N) is 4. The highest BCUT2D eigenvalue weighted by atomic mass is 19.1. The van der Waals surface area contributed by atoms with E-state index in [2.05, 4.69) is 30.7 Å². The number of halogens is 1. The zero-order valence-electron chi connectivity index (χ0n) is 20.3. The van der Waals surface area contributed by atoms with Crippen LogP contribution in [0.25, 0.3) is 27.9 Å². The number of amides is 1. The monoisotopic (exact) mass is 495 g/mol. The fraction of sp³-hybridized carbons (Fsp3) is 0.440. The number of alkyl halides is 1. The Kier molecular flexibility index (Phi) is 7.10. The molecule has 2 aliphatic rings. The first-order valence-electron chi connectivity index (χ1n) is 12.1. The van der Waals surface area contributed by atoms with E-state index in [0.717, 1.165) is 42.7 Å². The van der Waals surface area contributed by atoms with Crippen LogP contribution in [0.15, 0.2) is 36.8 Å². The zero-order valence-corrected chi connectivity index (χ0v) is 20.3. The number of aromatic amines is 1. The minimum atomic E-state index is -0.985. The summed E-state index contributed by atoms with van der Waals surface area (Å²) in [6, 6.07) is 5.25. The molecule has 1 saturated carbocycles. The summed E-state index contributed by atoms with van der Waals surface area (Å²) in [5, 5.41) is 11.0. The molecule has 0 spiro atoms. The summed E-state index contributed by atoms with van der Waals surface area (Å²) < 4.78 is 25.3. The SMILES string of the molecule is CNc1cc(-c2c[nH]c3ncccc23)nc2c(C(=O)NC3CCC3F)cnn12.COC1CCCOC1. The summed E-state index contributed by atoms with van der Waals surface area (Å²) in [5.74, 6) is 0.318. The number of carbonyl (C=O) groups excluding carboxylic acids is 1. The van der Waals surface area contributed by atoms with Gasteiger partial charge in [0.15, 0.2) is 5.65 Å². The van der Waals surface area contributed by atoms with E-state index in [0.29, 0.717) is 41.7 Å². The standard InChI is InChI=1S/C19H18FN7O.C6H12O2/c1-21-16-7-15(11-8-23-17-10(11)3-2-6-22-17)25-18-12(9-24-27(16)18)19(28)26-14-5-4-13(14)20;1-7-6-3-2-4-8-5-6/h2-3,6-9,13-14,21H,4-5H2,1H3,(H,22,23)(H,26,28);6H,2-5H2,1H3. The van der Waals surface area contributed by atoms with Crippen molar-refractivity contribution in [3.8, 4) is 11.3 Å². The van der Waals surface area contributed by atoms with Gasteiger partial charge < -0.3 is 25.1 Å². The number of anilines is 1. The molecule has 1 aliphatic carbocycles. The van der Waals surface area contributed by atoms with E-state index in [4.69, 9.17) is 9.47 Å². The maximum Gasteiger partial charge on any atom is 0.257 e. The number of hydrogen-bond donors (Lipinski definition) is 3. The van der Waals surface area contributed by atoms with Crippen LogP contribution in [0.5, 0.6) is 0 Å². The van der Waals surface area contributed by atoms with Crippen LogP contribution in [0.4, 0.5) is 10.2 Å². The van der Waals surface area contributed by atoms with Crippen molar-refractivity contribution in [2.24, 2.45) is 0 Å². The highest BCUT2D eigenvalue weighted by Gasteiger charge is 2.33. The van der Waals surface area contributed by atoms with Crippen LogP contribution in [0, 0.1) is 0 Å². The quantitative estimate of drug-likeness (QED) is 0.389. The Hall–Kier alpha value is -3.57. The van der Waals surface area contributed by atoms with Crippen molar-refractivity contribution < 1.29 is 18.7 Å². The number of methoxy groups -OCH3 is 1. The van der Waals surface area contributed by atoms with Gasteiger partial charge in [0.05, 0.1) is 30.6 Å². The molecule has 5 heterocycles. The Balaban J connectivity index is 0.000000286. The van der Waals surface area contributed by atoms with Crippen LogP contribution < -0.4 is 10.6 Å². The molecule has 0 radical (unpaired) electrons. The number of ether oxygens (including phenoxy) is 2. The lowest BCUT2D eigenvalue weighted by Crippen LogP contribution is -2.48. The van der Waals surface area contributed by atoms with Crippen molar-refractivity contribution >= 4 is 28.4 Å². The van der Waals surface area contributed by atoms with Gasteiger partial charge in [0.1, 0.15) is 23.2 Å². The van der Waals surface area contributed by atoms with Gasteiger partial charge in [-0.1, -0.05) is 0 Å². The van der Waals surface area contributed by atoms with Gasteiger partial charge in [-0.2, -0.15) is 9.61 Å². The van der Waals surface area contributed by atoms with Gasteiger partial charge in [-0.25, -0.2) is 14.4 Å². The number of carbonyl (C=O) groups is 1. The number of rotatable bonds is 5. The largest absolute Gasteiger partial charge is 0.379 e. The topological polar surface area (TPSA) is 118 Å². The molecular formula is C25H30FN7O3. The third-order valence-corrected chi connectivity index (χ3v) is 6.66. The minimum Gasteiger partial charge on any atom is -0.379 e. The van der Waals surface area contributed by atoms with Crippen molar-refractivity contribution in [3.63, 3.8) is 0 Å². The van der Waals surface area contributed by atoms with E-state index in [9.17, 15) is 9.18 Å². The highest BCUT2D eigenvalue weighted by molar-refractivity contribution is 6.01. The van der Waals surface area contributed by atoms with Crippen LogP contribution in [0.1, 0.15) is 36.0 Å². The van der Waals surface area contributed by atoms with E-state index in [1.165, 1.54) is 6.20 Å². The molecule has 11 heteroatoms. The fourth-order valence-corrected chi connectivity index (χ4v) is 4.37. The third-order valence-electron chi connectivity index (χ3n) is 6.66. The van der Waals surface area contributed by atoms with Gasteiger partial charge in [-0.3, -0.25) is 4.79 Å². The molecule has 190 valence electrons. The lowest BCUT2D eigenvalue weighted by atomic mass is 9.90. The van der Waals surface area contributed by atoms with Gasteiger partial charge in [-0.05, 0) is 37.8 Å². The Morgan fingerprint density at radius 1 is 1.33 bits per heavy atom. The van der Waals surface area contributed by atoms with Crippen molar-refractivity contribution in [3.05, 3.63) is 42.4 Å². The van der Waals surface area contributed by atoms with Gasteiger partial charge in [0, 0.05) is 50.2 Å². The number of nitrogens with one attached hydrogen (secondary N) is 3. The van der Waals surface area contributed by atoms with E-state index in [-0.39, 0.29) is 5.91 Å². The van der Waals surface area contributed by atoms with Crippen molar-refractivity contribution in [1.29, 1.82) is 0 Å². The smallest absolute Gasteiger partial charge is 0.257 e. The molecule has 36 heavy (non-hydrogen) atoms. The van der Waals surface area contributed by atoms with Gasteiger partial charge in [0.2, 0.25) is 0 Å². The summed E-state index contributed by atoms with van der Waals surface area (Å²) in [7, 11) is 3.51. The second-order valence-electron chi connectivity index (χ2n) is 8.92. The molecule has 0 bridgehead atoms. The molecule has 3 unspecified atom stereocenters. The molecule has 1 aliphatic heterocycles. The summed E-state index contributed by atoms with van der Waals surface area (Å²) in [5.41, 5.74) is 3.04. The molecule has 6 rings (SSSR count). The first-order chi connectivity index (χ1) is 17.6. The zero-order chi connectivity index (χ0) is 25.1. The Labute approximate surface area is 207 Å². The summed E-state index contributed by atoms with van der Waals surface area (Å²) in [6.45, 7) is 1.70. The molecule has 1 saturated heterocycles. The maximum absolute atomic E-state index is 13.5. The van der Waals surface area contributed by atoms with Gasteiger partial charge >= 0.3 is 0 Å². The van der Waals surface area contributed by atoms with Crippen molar-refractivity contribution in [2.75, 3.05) is 32.7 Å². The third kappa shape index (κ3) is 4.76. The Bertz CT molecular complexity index is 1350. The number of hydrogen-bond acceptors (Lipinski definition) is 7. The number of fused-ring (bicyclic) bond motifs is 2. The van der Waals surface area contributed by atoms with E-state index >= 15 is 0 Å². The van der Waals surface area contributed by atoms with E-state index in [1.807, 2.05) is 24.4 Å².